The van der Waals surface area contributed by atoms with Crippen molar-refractivity contribution in [2.45, 2.75) is 0 Å². The average molecular weight is 563 g/mol. The standard InChI is InChI=1S/C41H26N2O/c1-2-10-34(11-3-1)43-38-22-20-32(29-16-14-28(15-17-29)31-19-18-27-8-4-5-9-30(27)24-31)25-35(38)36-26-33(21-23-39(36)43)41-42-37-12-6-7-13-40(37)44-41/h1-26H. The van der Waals surface area contributed by atoms with Crippen LogP contribution in [-0.2, 0) is 0 Å². The number of para-hydroxylation sites is 3. The Morgan fingerprint density at radius 1 is 0.432 bits per heavy atom. The van der Waals surface area contributed by atoms with E-state index in [0.717, 1.165) is 33.4 Å². The van der Waals surface area contributed by atoms with Crippen LogP contribution in [0.4, 0.5) is 0 Å². The topological polar surface area (TPSA) is 31.0 Å². The second-order valence-electron chi connectivity index (χ2n) is 11.3. The molecule has 0 aliphatic carbocycles. The third kappa shape index (κ3) is 4.02. The first-order valence-corrected chi connectivity index (χ1v) is 14.9. The highest BCUT2D eigenvalue weighted by Crippen LogP contribution is 2.38. The van der Waals surface area contributed by atoms with Crippen LogP contribution in [0.1, 0.15) is 0 Å². The monoisotopic (exact) mass is 562 g/mol. The van der Waals surface area contributed by atoms with Gasteiger partial charge in [-0.15, -0.1) is 0 Å². The summed E-state index contributed by atoms with van der Waals surface area (Å²) in [6.45, 7) is 0. The van der Waals surface area contributed by atoms with Crippen LogP contribution >= 0.6 is 0 Å². The van der Waals surface area contributed by atoms with E-state index >= 15 is 0 Å². The quantitative estimate of drug-likeness (QED) is 0.214. The first-order chi connectivity index (χ1) is 21.8. The zero-order valence-corrected chi connectivity index (χ0v) is 23.8. The van der Waals surface area contributed by atoms with Crippen molar-refractivity contribution in [3.8, 4) is 39.4 Å². The summed E-state index contributed by atoms with van der Waals surface area (Å²) in [6.07, 6.45) is 0. The molecule has 9 aromatic rings. The molecule has 2 heterocycles. The lowest BCUT2D eigenvalue weighted by Gasteiger charge is -2.09. The van der Waals surface area contributed by atoms with E-state index in [1.54, 1.807) is 0 Å². The van der Waals surface area contributed by atoms with Crippen LogP contribution in [0, 0.1) is 0 Å². The molecule has 0 aliphatic rings. The molecule has 44 heavy (non-hydrogen) atoms. The fourth-order valence-corrected chi connectivity index (χ4v) is 6.41. The molecule has 0 saturated heterocycles. The first-order valence-electron chi connectivity index (χ1n) is 14.9. The molecule has 2 aromatic heterocycles. The van der Waals surface area contributed by atoms with Crippen LogP contribution in [0.15, 0.2) is 162 Å². The van der Waals surface area contributed by atoms with Gasteiger partial charge in [-0.3, -0.25) is 0 Å². The number of aromatic nitrogens is 2. The third-order valence-electron chi connectivity index (χ3n) is 8.62. The molecular formula is C41H26N2O. The van der Waals surface area contributed by atoms with Crippen molar-refractivity contribution in [3.63, 3.8) is 0 Å². The van der Waals surface area contributed by atoms with Crippen molar-refractivity contribution >= 4 is 43.7 Å². The SMILES string of the molecule is c1ccc(-n2c3ccc(-c4ccc(-c5ccc6ccccc6c5)cc4)cc3c3cc(-c4nc5ccccc5o4)ccc32)cc1. The van der Waals surface area contributed by atoms with Crippen molar-refractivity contribution in [1.29, 1.82) is 0 Å². The van der Waals surface area contributed by atoms with Crippen LogP contribution in [0.2, 0.25) is 0 Å². The number of hydrogen-bond donors (Lipinski definition) is 0. The molecule has 0 atom stereocenters. The summed E-state index contributed by atoms with van der Waals surface area (Å²) in [5.74, 6) is 0.633. The second kappa shape index (κ2) is 9.82. The van der Waals surface area contributed by atoms with Crippen molar-refractivity contribution in [2.24, 2.45) is 0 Å². The van der Waals surface area contributed by atoms with Gasteiger partial charge in [-0.2, -0.15) is 0 Å². The average Bonchev–Trinajstić information content (AvgIpc) is 3.67. The Bertz CT molecular complexity index is 2450. The molecule has 0 spiro atoms. The van der Waals surface area contributed by atoms with Crippen LogP contribution < -0.4 is 0 Å². The number of rotatable bonds is 4. The highest BCUT2D eigenvalue weighted by molar-refractivity contribution is 6.11. The van der Waals surface area contributed by atoms with Gasteiger partial charge in [-0.25, -0.2) is 4.98 Å². The van der Waals surface area contributed by atoms with Crippen molar-refractivity contribution in [1.82, 2.24) is 9.55 Å². The summed E-state index contributed by atoms with van der Waals surface area (Å²) in [4.78, 5) is 4.78. The van der Waals surface area contributed by atoms with Crippen LogP contribution in [-0.4, -0.2) is 9.55 Å². The lowest BCUT2D eigenvalue weighted by atomic mass is 9.97. The predicted octanol–water partition coefficient (Wildman–Crippen LogP) is 11.1. The van der Waals surface area contributed by atoms with Crippen LogP contribution in [0.3, 0.4) is 0 Å². The molecule has 0 amide bonds. The maximum Gasteiger partial charge on any atom is 0.227 e. The van der Waals surface area contributed by atoms with E-state index in [2.05, 4.69) is 138 Å². The van der Waals surface area contributed by atoms with Gasteiger partial charge in [-0.05, 0) is 93.7 Å². The number of nitrogens with zero attached hydrogens (tertiary/aromatic N) is 2. The maximum atomic E-state index is 6.15. The molecule has 3 nitrogen and oxygen atoms in total. The second-order valence-corrected chi connectivity index (χ2v) is 11.3. The summed E-state index contributed by atoms with van der Waals surface area (Å²) in [6, 6.07) is 55.8. The van der Waals surface area contributed by atoms with Crippen LogP contribution in [0.5, 0.6) is 0 Å². The van der Waals surface area contributed by atoms with Crippen LogP contribution in [0.25, 0.3) is 83.1 Å². The highest BCUT2D eigenvalue weighted by atomic mass is 16.3. The van der Waals surface area contributed by atoms with Crippen molar-refractivity contribution < 1.29 is 4.42 Å². The molecular weight excluding hydrogens is 536 g/mol. The maximum absolute atomic E-state index is 6.15. The van der Waals surface area contributed by atoms with E-state index in [9.17, 15) is 0 Å². The highest BCUT2D eigenvalue weighted by Gasteiger charge is 2.16. The molecule has 0 N–H and O–H groups in total. The molecule has 0 bridgehead atoms. The van der Waals surface area contributed by atoms with E-state index < -0.39 is 0 Å². The Morgan fingerprint density at radius 3 is 1.75 bits per heavy atom. The lowest BCUT2D eigenvalue weighted by molar-refractivity contribution is 0.620. The van der Waals surface area contributed by atoms with Gasteiger partial charge >= 0.3 is 0 Å². The minimum absolute atomic E-state index is 0.633. The van der Waals surface area contributed by atoms with E-state index in [0.29, 0.717) is 5.89 Å². The Morgan fingerprint density at radius 2 is 1.00 bits per heavy atom. The summed E-state index contributed by atoms with van der Waals surface area (Å²) in [5.41, 5.74) is 10.9. The molecule has 0 aliphatic heterocycles. The molecule has 0 fully saturated rings. The fraction of sp³-hybridized carbons (Fsp3) is 0. The van der Waals surface area contributed by atoms with E-state index in [4.69, 9.17) is 9.40 Å². The minimum atomic E-state index is 0.633. The van der Waals surface area contributed by atoms with E-state index in [1.165, 1.54) is 43.8 Å². The normalized spacial score (nSPS) is 11.6. The zero-order chi connectivity index (χ0) is 29.0. The molecule has 0 unspecified atom stereocenters. The van der Waals surface area contributed by atoms with Gasteiger partial charge in [0.25, 0.3) is 0 Å². The summed E-state index contributed by atoms with van der Waals surface area (Å²) in [7, 11) is 0. The largest absolute Gasteiger partial charge is 0.436 e. The van der Waals surface area contributed by atoms with Crippen molar-refractivity contribution in [3.05, 3.63) is 158 Å². The van der Waals surface area contributed by atoms with E-state index in [-0.39, 0.29) is 0 Å². The summed E-state index contributed by atoms with van der Waals surface area (Å²) >= 11 is 0. The Balaban J connectivity index is 1.18. The van der Waals surface area contributed by atoms with Gasteiger partial charge in [0.2, 0.25) is 5.89 Å². The molecule has 3 heteroatoms. The zero-order valence-electron chi connectivity index (χ0n) is 23.8. The number of benzene rings is 7. The fourth-order valence-electron chi connectivity index (χ4n) is 6.41. The smallest absolute Gasteiger partial charge is 0.227 e. The Labute approximate surface area is 254 Å². The van der Waals surface area contributed by atoms with Gasteiger partial charge in [0.15, 0.2) is 5.58 Å². The number of fused-ring (bicyclic) bond motifs is 5. The first kappa shape index (κ1) is 24.6. The van der Waals surface area contributed by atoms with Gasteiger partial charge in [-0.1, -0.05) is 97.1 Å². The number of oxazole rings is 1. The Hall–Kier alpha value is -5.93. The van der Waals surface area contributed by atoms with Gasteiger partial charge in [0.05, 0.1) is 11.0 Å². The predicted molar refractivity (Wildman–Crippen MR) is 182 cm³/mol. The number of hydrogen-bond acceptors (Lipinski definition) is 2. The molecule has 0 radical (unpaired) electrons. The molecule has 9 rings (SSSR count). The lowest BCUT2D eigenvalue weighted by Crippen LogP contribution is -1.93. The summed E-state index contributed by atoms with van der Waals surface area (Å²) in [5, 5.41) is 4.87. The van der Waals surface area contributed by atoms with Gasteiger partial charge in [0.1, 0.15) is 5.52 Å². The summed E-state index contributed by atoms with van der Waals surface area (Å²) < 4.78 is 8.49. The van der Waals surface area contributed by atoms with Crippen molar-refractivity contribution in [2.75, 3.05) is 0 Å². The Kier molecular flexibility index (Phi) is 5.50. The van der Waals surface area contributed by atoms with E-state index in [1.807, 2.05) is 24.3 Å². The molecule has 7 aromatic carbocycles. The molecule has 0 saturated carbocycles. The minimum Gasteiger partial charge on any atom is -0.436 e. The third-order valence-corrected chi connectivity index (χ3v) is 8.62. The molecule has 206 valence electrons. The van der Waals surface area contributed by atoms with Gasteiger partial charge in [0, 0.05) is 22.0 Å². The van der Waals surface area contributed by atoms with Gasteiger partial charge < -0.3 is 8.98 Å².